The number of hydrogen-bond acceptors (Lipinski definition) is 4. The highest BCUT2D eigenvalue weighted by Gasteiger charge is 2.39. The van der Waals surface area contributed by atoms with Gasteiger partial charge in [0.15, 0.2) is 0 Å². The Morgan fingerprint density at radius 1 is 1.07 bits per heavy atom. The van der Waals surface area contributed by atoms with Crippen molar-refractivity contribution in [1.29, 1.82) is 0 Å². The maximum Gasteiger partial charge on any atom is 0.416 e. The highest BCUT2D eigenvalue weighted by Crippen LogP contribution is 2.32. The Morgan fingerprint density at radius 3 is 2.48 bits per heavy atom. The second-order valence-electron chi connectivity index (χ2n) is 6.75. The van der Waals surface area contributed by atoms with Crippen LogP contribution >= 0.6 is 0 Å². The van der Waals surface area contributed by atoms with Gasteiger partial charge in [-0.15, -0.1) is 0 Å². The molecule has 0 radical (unpaired) electrons. The number of esters is 1. The molecule has 5 nitrogen and oxygen atoms in total. The van der Waals surface area contributed by atoms with Crippen LogP contribution < -0.4 is 0 Å². The number of carbonyl (C=O) groups excluding carboxylic acids is 1. The lowest BCUT2D eigenvalue weighted by Crippen LogP contribution is -2.48. The van der Waals surface area contributed by atoms with E-state index in [1.165, 1.54) is 0 Å². The first-order valence-electron chi connectivity index (χ1n) is 9.09. The van der Waals surface area contributed by atoms with E-state index in [0.29, 0.717) is 18.9 Å². The summed E-state index contributed by atoms with van der Waals surface area (Å²) in [6, 6.07) is 11.4. The average Bonchev–Trinajstić information content (AvgIpc) is 2.72. The number of nitrogens with zero attached hydrogens (tertiary/aromatic N) is 1. The molecule has 1 unspecified atom stereocenters. The number of piperidine rings is 1. The van der Waals surface area contributed by atoms with Crippen molar-refractivity contribution in [1.82, 2.24) is 4.31 Å². The Balaban J connectivity index is 1.82. The summed E-state index contributed by atoms with van der Waals surface area (Å²) in [5, 5.41) is 0. The molecule has 1 atom stereocenters. The van der Waals surface area contributed by atoms with E-state index in [-0.39, 0.29) is 19.6 Å². The van der Waals surface area contributed by atoms with Gasteiger partial charge in [-0.3, -0.25) is 4.79 Å². The van der Waals surface area contributed by atoms with Crippen molar-refractivity contribution >= 4 is 16.0 Å². The van der Waals surface area contributed by atoms with E-state index < -0.39 is 38.7 Å². The molecule has 3 rings (SSSR count). The molecule has 0 bridgehead atoms. The second kappa shape index (κ2) is 8.54. The molecule has 0 spiro atoms. The molecular weight excluding hydrogens is 407 g/mol. The predicted octanol–water partition coefficient (Wildman–Crippen LogP) is 3.99. The van der Waals surface area contributed by atoms with Crippen molar-refractivity contribution in [2.75, 3.05) is 6.54 Å². The van der Waals surface area contributed by atoms with E-state index >= 15 is 0 Å². The summed E-state index contributed by atoms with van der Waals surface area (Å²) in [4.78, 5) is 12.1. The number of halogens is 3. The first-order chi connectivity index (χ1) is 13.7. The molecule has 9 heteroatoms. The van der Waals surface area contributed by atoms with E-state index in [4.69, 9.17) is 4.74 Å². The van der Waals surface area contributed by atoms with Gasteiger partial charge in [-0.05, 0) is 43.0 Å². The van der Waals surface area contributed by atoms with Gasteiger partial charge < -0.3 is 4.74 Å². The van der Waals surface area contributed by atoms with Crippen LogP contribution in [0.15, 0.2) is 59.5 Å². The second-order valence-corrected chi connectivity index (χ2v) is 8.64. The first-order valence-corrected chi connectivity index (χ1v) is 10.5. The minimum Gasteiger partial charge on any atom is -0.460 e. The Labute approximate surface area is 167 Å². The molecule has 0 aliphatic carbocycles. The summed E-state index contributed by atoms with van der Waals surface area (Å²) < 4.78 is 71.2. The van der Waals surface area contributed by atoms with Crippen molar-refractivity contribution < 1.29 is 31.1 Å². The first kappa shape index (κ1) is 21.3. The Kier molecular flexibility index (Phi) is 6.28. The van der Waals surface area contributed by atoms with E-state index in [2.05, 4.69) is 0 Å². The molecular formula is C20H20F3NO4S. The summed E-state index contributed by atoms with van der Waals surface area (Å²) in [5.41, 5.74) is -0.303. The fourth-order valence-electron chi connectivity index (χ4n) is 3.22. The summed E-state index contributed by atoms with van der Waals surface area (Å²) >= 11 is 0. The van der Waals surface area contributed by atoms with Crippen LogP contribution in [0.25, 0.3) is 0 Å². The van der Waals surface area contributed by atoms with Gasteiger partial charge in [0.05, 0.1) is 10.5 Å². The van der Waals surface area contributed by atoms with Gasteiger partial charge in [-0.25, -0.2) is 8.42 Å². The number of alkyl halides is 3. The largest absolute Gasteiger partial charge is 0.460 e. The van der Waals surface area contributed by atoms with E-state index in [9.17, 15) is 26.4 Å². The molecule has 1 aliphatic rings. The smallest absolute Gasteiger partial charge is 0.416 e. The Bertz CT molecular complexity index is 961. The molecule has 1 heterocycles. The third-order valence-corrected chi connectivity index (χ3v) is 6.62. The molecule has 1 aliphatic heterocycles. The third-order valence-electron chi connectivity index (χ3n) is 4.72. The van der Waals surface area contributed by atoms with Crippen molar-refractivity contribution in [2.24, 2.45) is 0 Å². The predicted molar refractivity (Wildman–Crippen MR) is 99.2 cm³/mol. The van der Waals surface area contributed by atoms with Crippen LogP contribution in [0.2, 0.25) is 0 Å². The van der Waals surface area contributed by atoms with E-state index in [0.717, 1.165) is 28.1 Å². The van der Waals surface area contributed by atoms with Gasteiger partial charge in [0, 0.05) is 6.54 Å². The molecule has 0 saturated carbocycles. The normalized spacial score (nSPS) is 18.4. The molecule has 156 valence electrons. The molecule has 0 aromatic heterocycles. The number of sulfonamides is 1. The van der Waals surface area contributed by atoms with Crippen LogP contribution in [0.1, 0.15) is 30.4 Å². The molecule has 1 saturated heterocycles. The maximum absolute atomic E-state index is 13.0. The Morgan fingerprint density at radius 2 is 1.79 bits per heavy atom. The number of rotatable bonds is 5. The molecule has 2 aromatic carbocycles. The highest BCUT2D eigenvalue weighted by atomic mass is 32.2. The van der Waals surface area contributed by atoms with Crippen LogP contribution in [0.3, 0.4) is 0 Å². The number of carbonyl (C=O) groups is 1. The van der Waals surface area contributed by atoms with Gasteiger partial charge in [-0.1, -0.05) is 36.4 Å². The van der Waals surface area contributed by atoms with Crippen LogP contribution in [-0.2, 0) is 32.3 Å². The zero-order chi connectivity index (χ0) is 21.1. The van der Waals surface area contributed by atoms with Crippen LogP contribution in [0.5, 0.6) is 0 Å². The van der Waals surface area contributed by atoms with Gasteiger partial charge in [0.1, 0.15) is 12.6 Å². The summed E-state index contributed by atoms with van der Waals surface area (Å²) in [6.45, 7) is 0.0390. The van der Waals surface area contributed by atoms with Crippen molar-refractivity contribution in [3.05, 3.63) is 65.7 Å². The monoisotopic (exact) mass is 427 g/mol. The third kappa shape index (κ3) is 4.97. The van der Waals surface area contributed by atoms with Crippen molar-refractivity contribution in [3.8, 4) is 0 Å². The standard InChI is InChI=1S/C20H20F3NO4S/c21-20(22,23)16-9-6-10-17(13-16)29(26,27)24-12-5-4-11-18(24)19(25)28-14-15-7-2-1-3-8-15/h1-3,6-10,13,18H,4-5,11-12,14H2. The lowest BCUT2D eigenvalue weighted by molar-refractivity contribution is -0.150. The molecule has 2 aromatic rings. The van der Waals surface area contributed by atoms with Gasteiger partial charge >= 0.3 is 12.1 Å². The van der Waals surface area contributed by atoms with Crippen LogP contribution in [0.4, 0.5) is 13.2 Å². The fraction of sp³-hybridized carbons (Fsp3) is 0.350. The van der Waals surface area contributed by atoms with E-state index in [1.54, 1.807) is 24.3 Å². The summed E-state index contributed by atoms with van der Waals surface area (Å²) in [5.74, 6) is -0.705. The average molecular weight is 427 g/mol. The Hall–Kier alpha value is -2.39. The van der Waals surface area contributed by atoms with Crippen molar-refractivity contribution in [3.63, 3.8) is 0 Å². The fourth-order valence-corrected chi connectivity index (χ4v) is 4.91. The van der Waals surface area contributed by atoms with Gasteiger partial charge in [0.25, 0.3) is 0 Å². The zero-order valence-electron chi connectivity index (χ0n) is 15.4. The molecule has 29 heavy (non-hydrogen) atoms. The highest BCUT2D eigenvalue weighted by molar-refractivity contribution is 7.89. The van der Waals surface area contributed by atoms with E-state index in [1.807, 2.05) is 6.07 Å². The minimum absolute atomic E-state index is 0.00633. The zero-order valence-corrected chi connectivity index (χ0v) is 16.2. The molecule has 0 N–H and O–H groups in total. The van der Waals surface area contributed by atoms with Crippen LogP contribution in [-0.4, -0.2) is 31.3 Å². The lowest BCUT2D eigenvalue weighted by Gasteiger charge is -2.33. The van der Waals surface area contributed by atoms with Crippen molar-refractivity contribution in [2.45, 2.75) is 43.0 Å². The van der Waals surface area contributed by atoms with Gasteiger partial charge in [-0.2, -0.15) is 17.5 Å². The topological polar surface area (TPSA) is 63.7 Å². The van der Waals surface area contributed by atoms with Crippen LogP contribution in [0, 0.1) is 0 Å². The molecule has 0 amide bonds. The summed E-state index contributed by atoms with van der Waals surface area (Å²) in [7, 11) is -4.29. The number of hydrogen-bond donors (Lipinski definition) is 0. The van der Waals surface area contributed by atoms with Gasteiger partial charge in [0.2, 0.25) is 10.0 Å². The number of benzene rings is 2. The lowest BCUT2D eigenvalue weighted by atomic mass is 10.1. The maximum atomic E-state index is 13.0. The minimum atomic E-state index is -4.67. The number of ether oxygens (including phenoxy) is 1. The molecule has 1 fully saturated rings. The summed E-state index contributed by atoms with van der Waals surface area (Å²) in [6.07, 6.45) is -3.27. The SMILES string of the molecule is O=C(OCc1ccccc1)C1CCCCN1S(=O)(=O)c1cccc(C(F)(F)F)c1. The quantitative estimate of drug-likeness (QED) is 0.677.